The molecule has 1 aliphatic rings. The van der Waals surface area contributed by atoms with Gasteiger partial charge in [-0.15, -0.1) is 0 Å². The van der Waals surface area contributed by atoms with E-state index in [0.29, 0.717) is 12.0 Å². The van der Waals surface area contributed by atoms with Crippen LogP contribution in [0.3, 0.4) is 0 Å². The summed E-state index contributed by atoms with van der Waals surface area (Å²) < 4.78 is 55.4. The molecule has 5 aromatic rings. The van der Waals surface area contributed by atoms with Gasteiger partial charge in [0.2, 0.25) is 5.95 Å². The van der Waals surface area contributed by atoms with Gasteiger partial charge in [-0.1, -0.05) is 12.1 Å². The molecule has 1 aromatic carbocycles. The molecule has 0 radical (unpaired) electrons. The highest BCUT2D eigenvalue weighted by Gasteiger charge is 2.42. The zero-order chi connectivity index (χ0) is 24.5. The minimum Gasteiger partial charge on any atom is -0.313 e. The van der Waals surface area contributed by atoms with Gasteiger partial charge in [0.05, 0.1) is 28.5 Å². The smallest absolute Gasteiger partial charge is 0.313 e. The minimum absolute atomic E-state index is 0.0159. The van der Waals surface area contributed by atoms with E-state index in [1.807, 2.05) is 0 Å². The van der Waals surface area contributed by atoms with E-state index in [9.17, 15) is 27.2 Å². The molecule has 1 fully saturated rings. The lowest BCUT2D eigenvalue weighted by atomic mass is 10.0. The Bertz CT molecular complexity index is 1750. The fraction of sp³-hybridized carbons (Fsp3) is 0.174. The lowest BCUT2D eigenvalue weighted by molar-refractivity contribution is -0.136. The zero-order valence-electron chi connectivity index (χ0n) is 17.6. The highest BCUT2D eigenvalue weighted by atomic mass is 19.4. The van der Waals surface area contributed by atoms with Gasteiger partial charge < -0.3 is 4.98 Å². The van der Waals surface area contributed by atoms with Crippen LogP contribution >= 0.6 is 0 Å². The Kier molecular flexibility index (Phi) is 4.44. The third-order valence-corrected chi connectivity index (χ3v) is 6.24. The second kappa shape index (κ2) is 7.32. The van der Waals surface area contributed by atoms with Gasteiger partial charge in [-0.25, -0.2) is 9.78 Å². The van der Waals surface area contributed by atoms with Crippen LogP contribution in [0.15, 0.2) is 58.5 Å². The molecule has 4 heterocycles. The van der Waals surface area contributed by atoms with Crippen molar-refractivity contribution in [3.05, 3.63) is 92.4 Å². The van der Waals surface area contributed by atoms with Crippen LogP contribution in [-0.4, -0.2) is 29.5 Å². The number of nitrogens with one attached hydrogen (secondary N) is 2. The SMILES string of the molecule is O=c1[nH]cc(-c2cc([C@H]3C[C@@H]3c3ccc4c(C(F)(F)F)ccnc4c3)c3ncc(F)n3n2)c(=O)[nH]1. The Hall–Kier alpha value is -4.35. The lowest BCUT2D eigenvalue weighted by Crippen LogP contribution is -2.23. The highest BCUT2D eigenvalue weighted by molar-refractivity contribution is 5.83. The number of halogens is 4. The van der Waals surface area contributed by atoms with Crippen LogP contribution in [0.2, 0.25) is 0 Å². The molecule has 6 rings (SSSR count). The molecule has 0 amide bonds. The van der Waals surface area contributed by atoms with Crippen molar-refractivity contribution >= 4 is 16.6 Å². The third-order valence-electron chi connectivity index (χ3n) is 6.24. The number of rotatable bonds is 3. The van der Waals surface area contributed by atoms with Crippen molar-refractivity contribution in [2.75, 3.05) is 0 Å². The van der Waals surface area contributed by atoms with Crippen molar-refractivity contribution < 1.29 is 17.6 Å². The standard InChI is InChI=1S/C23H14F4N6O2/c24-19-9-29-20-14(7-18(32-33(19)20)15-8-30-22(35)31-21(15)34)13-6-12(13)10-1-2-11-16(23(25,26)27)3-4-28-17(11)5-10/h1-5,7-9,12-13H,6H2,(H2,30,31,34,35)/t12-,13+/m1/s1. The summed E-state index contributed by atoms with van der Waals surface area (Å²) >= 11 is 0. The quantitative estimate of drug-likeness (QED) is 0.381. The summed E-state index contributed by atoms with van der Waals surface area (Å²) in [6, 6.07) is 7.26. The Morgan fingerprint density at radius 1 is 1.06 bits per heavy atom. The Balaban J connectivity index is 1.43. The van der Waals surface area contributed by atoms with Crippen LogP contribution < -0.4 is 11.2 Å². The first-order chi connectivity index (χ1) is 16.7. The van der Waals surface area contributed by atoms with Gasteiger partial charge in [-0.2, -0.15) is 27.2 Å². The van der Waals surface area contributed by atoms with Gasteiger partial charge in [0, 0.05) is 23.3 Å². The van der Waals surface area contributed by atoms with Crippen LogP contribution in [-0.2, 0) is 6.18 Å². The molecule has 0 spiro atoms. The largest absolute Gasteiger partial charge is 0.417 e. The van der Waals surface area contributed by atoms with Crippen molar-refractivity contribution in [2.24, 2.45) is 0 Å². The normalized spacial score (nSPS) is 17.8. The van der Waals surface area contributed by atoms with E-state index < -0.39 is 28.9 Å². The maximum Gasteiger partial charge on any atom is 0.417 e. The maximum atomic E-state index is 14.4. The van der Waals surface area contributed by atoms with E-state index in [0.717, 1.165) is 28.5 Å². The predicted molar refractivity (Wildman–Crippen MR) is 116 cm³/mol. The topological polar surface area (TPSA) is 109 Å². The maximum absolute atomic E-state index is 14.4. The van der Waals surface area contributed by atoms with Crippen LogP contribution in [0.4, 0.5) is 17.6 Å². The second-order valence-electron chi connectivity index (χ2n) is 8.37. The number of hydrogen-bond acceptors (Lipinski definition) is 5. The predicted octanol–water partition coefficient (Wildman–Crippen LogP) is 3.75. The summed E-state index contributed by atoms with van der Waals surface area (Å²) in [4.78, 5) is 36.4. The molecule has 0 saturated heterocycles. The molecule has 0 unspecified atom stereocenters. The van der Waals surface area contributed by atoms with E-state index in [1.54, 1.807) is 18.2 Å². The first-order valence-corrected chi connectivity index (χ1v) is 10.5. The Morgan fingerprint density at radius 3 is 2.66 bits per heavy atom. The van der Waals surface area contributed by atoms with E-state index in [-0.39, 0.29) is 39.6 Å². The summed E-state index contributed by atoms with van der Waals surface area (Å²) in [6.45, 7) is 0. The summed E-state index contributed by atoms with van der Waals surface area (Å²) in [7, 11) is 0. The summed E-state index contributed by atoms with van der Waals surface area (Å²) in [6.07, 6.45) is -0.504. The van der Waals surface area contributed by atoms with Crippen molar-refractivity contribution in [2.45, 2.75) is 24.4 Å². The molecule has 2 N–H and O–H groups in total. The zero-order valence-corrected chi connectivity index (χ0v) is 17.6. The molecule has 1 saturated carbocycles. The fourth-order valence-electron chi connectivity index (χ4n) is 4.52. The number of alkyl halides is 3. The third kappa shape index (κ3) is 3.49. The number of aromatic nitrogens is 6. The van der Waals surface area contributed by atoms with Crippen molar-refractivity contribution in [3.8, 4) is 11.3 Å². The molecular weight excluding hydrogens is 468 g/mol. The monoisotopic (exact) mass is 482 g/mol. The molecule has 12 heteroatoms. The molecule has 176 valence electrons. The molecule has 4 aromatic heterocycles. The summed E-state index contributed by atoms with van der Waals surface area (Å²) in [5.41, 5.74) is 0.00523. The number of hydrogen-bond donors (Lipinski definition) is 2. The van der Waals surface area contributed by atoms with Crippen molar-refractivity contribution in [1.29, 1.82) is 0 Å². The molecule has 8 nitrogen and oxygen atoms in total. The molecular formula is C23H14F4N6O2. The lowest BCUT2D eigenvalue weighted by Gasteiger charge is -2.11. The number of imidazole rings is 1. The number of nitrogens with zero attached hydrogens (tertiary/aromatic N) is 4. The first-order valence-electron chi connectivity index (χ1n) is 10.5. The first kappa shape index (κ1) is 21.2. The van der Waals surface area contributed by atoms with E-state index in [2.05, 4.69) is 25.0 Å². The number of H-pyrrole nitrogens is 2. The van der Waals surface area contributed by atoms with E-state index in [1.165, 1.54) is 12.3 Å². The minimum atomic E-state index is -4.49. The van der Waals surface area contributed by atoms with Crippen molar-refractivity contribution in [3.63, 3.8) is 0 Å². The summed E-state index contributed by atoms with van der Waals surface area (Å²) in [5, 5.41) is 4.17. The summed E-state index contributed by atoms with van der Waals surface area (Å²) in [5.74, 6) is -0.926. The second-order valence-corrected chi connectivity index (χ2v) is 8.37. The van der Waals surface area contributed by atoms with E-state index >= 15 is 0 Å². The molecule has 35 heavy (non-hydrogen) atoms. The molecule has 2 atom stereocenters. The van der Waals surface area contributed by atoms with Crippen LogP contribution in [0.1, 0.15) is 34.9 Å². The van der Waals surface area contributed by atoms with E-state index in [4.69, 9.17) is 0 Å². The van der Waals surface area contributed by atoms with Crippen molar-refractivity contribution in [1.82, 2.24) is 29.5 Å². The highest BCUT2D eigenvalue weighted by Crippen LogP contribution is 2.56. The molecule has 0 aliphatic heterocycles. The number of fused-ring (bicyclic) bond motifs is 2. The number of aromatic amines is 2. The molecule has 1 aliphatic carbocycles. The van der Waals surface area contributed by atoms with Crippen LogP contribution in [0, 0.1) is 5.95 Å². The Morgan fingerprint density at radius 2 is 1.89 bits per heavy atom. The van der Waals surface area contributed by atoms with Crippen LogP contribution in [0.5, 0.6) is 0 Å². The average molecular weight is 482 g/mol. The van der Waals surface area contributed by atoms with Gasteiger partial charge in [0.1, 0.15) is 0 Å². The van der Waals surface area contributed by atoms with Gasteiger partial charge in [-0.05, 0) is 42.0 Å². The van der Waals surface area contributed by atoms with Gasteiger partial charge >= 0.3 is 11.9 Å². The van der Waals surface area contributed by atoms with Gasteiger partial charge in [-0.3, -0.25) is 14.8 Å². The van der Waals surface area contributed by atoms with Gasteiger partial charge in [0.25, 0.3) is 5.56 Å². The average Bonchev–Trinajstić information content (AvgIpc) is 3.53. The number of pyridine rings is 1. The fourth-order valence-corrected chi connectivity index (χ4v) is 4.52. The Labute approximate surface area is 192 Å². The number of benzene rings is 1. The van der Waals surface area contributed by atoms with Gasteiger partial charge in [0.15, 0.2) is 5.65 Å². The van der Waals surface area contributed by atoms with Crippen LogP contribution in [0.25, 0.3) is 27.8 Å². The molecule has 0 bridgehead atoms.